The zero-order chi connectivity index (χ0) is 25.4. The van der Waals surface area contributed by atoms with Crippen LogP contribution in [0.2, 0.25) is 0 Å². The van der Waals surface area contributed by atoms with E-state index in [2.05, 4.69) is 0 Å². The predicted octanol–water partition coefficient (Wildman–Crippen LogP) is -0.151. The van der Waals surface area contributed by atoms with Gasteiger partial charge in [0.1, 0.15) is 5.75 Å². The first-order valence-corrected chi connectivity index (χ1v) is 12.0. The molecule has 5 N–H and O–H groups in total. The Labute approximate surface area is 201 Å². The van der Waals surface area contributed by atoms with E-state index >= 15 is 0 Å². The number of anilines is 1. The van der Waals surface area contributed by atoms with Crippen molar-refractivity contribution in [1.29, 1.82) is 0 Å². The van der Waals surface area contributed by atoms with Crippen LogP contribution in [0.15, 0.2) is 12.1 Å². The Kier molecular flexibility index (Phi) is 5.37. The second kappa shape index (κ2) is 7.96. The molecule has 10 heteroatoms. The van der Waals surface area contributed by atoms with Crippen LogP contribution < -0.4 is 10.6 Å². The summed E-state index contributed by atoms with van der Waals surface area (Å²) in [4.78, 5) is 66.6. The number of Topliss-reactive ketones (excluding diaryl/α,β-unsaturated/α-hetero) is 4. The van der Waals surface area contributed by atoms with Crippen molar-refractivity contribution in [3.8, 4) is 5.75 Å². The summed E-state index contributed by atoms with van der Waals surface area (Å²) in [5.41, 5.74) is 3.15. The molecule has 186 valence electrons. The fourth-order valence-corrected chi connectivity index (χ4v) is 6.73. The molecule has 3 aliphatic carbocycles. The quantitative estimate of drug-likeness (QED) is 0.416. The monoisotopic (exact) mass is 484 g/mol. The van der Waals surface area contributed by atoms with E-state index in [4.69, 9.17) is 5.73 Å². The highest BCUT2D eigenvalue weighted by Gasteiger charge is 2.69. The standard InChI is InChI=1S/C25H28N2O8/c1-10-11-5-6-13(27-7-3-2-4-8-27)20(30)16(11)21(31)18-15(10)19(29)12-9-14(28)17(24(26)34)22(32)25(12,35)23(18)33/h5-6,10,12,15,17-19,29-30,35H,2-4,7-9H2,1H3,(H2,26,34)/t10-,12+,15+,17?,18?,19+,25+/m0/s1. The van der Waals surface area contributed by atoms with Crippen LogP contribution in [0.4, 0.5) is 5.69 Å². The normalized spacial score (nSPS) is 36.9. The number of amides is 1. The average molecular weight is 485 g/mol. The van der Waals surface area contributed by atoms with Gasteiger partial charge in [-0.15, -0.1) is 0 Å². The number of aromatic hydroxyl groups is 1. The molecule has 1 aromatic carbocycles. The van der Waals surface area contributed by atoms with Gasteiger partial charge < -0.3 is 26.0 Å². The number of aliphatic hydroxyl groups excluding tert-OH is 1. The molecule has 1 heterocycles. The molecular formula is C25H28N2O8. The number of aliphatic hydroxyl groups is 2. The second-order valence-corrected chi connectivity index (χ2v) is 10.3. The van der Waals surface area contributed by atoms with Gasteiger partial charge in [0, 0.05) is 31.3 Å². The smallest absolute Gasteiger partial charge is 0.235 e. The topological polar surface area (TPSA) is 175 Å². The van der Waals surface area contributed by atoms with Crippen LogP contribution in [0.3, 0.4) is 0 Å². The molecule has 2 unspecified atom stereocenters. The third-order valence-corrected chi connectivity index (χ3v) is 8.53. The summed E-state index contributed by atoms with van der Waals surface area (Å²) in [6.07, 6.45) is 0.787. The van der Waals surface area contributed by atoms with Crippen LogP contribution in [0.1, 0.15) is 54.4 Å². The number of carbonyl (C=O) groups is 5. The van der Waals surface area contributed by atoms with Gasteiger partial charge in [0.15, 0.2) is 34.7 Å². The molecule has 10 nitrogen and oxygen atoms in total. The summed E-state index contributed by atoms with van der Waals surface area (Å²) in [7, 11) is 0. The van der Waals surface area contributed by atoms with Crippen molar-refractivity contribution < 1.29 is 39.3 Å². The number of piperidine rings is 1. The Balaban J connectivity index is 1.62. The van der Waals surface area contributed by atoms with Crippen LogP contribution in [-0.2, 0) is 19.2 Å². The molecule has 35 heavy (non-hydrogen) atoms. The molecule has 0 spiro atoms. The number of carbonyl (C=O) groups excluding carboxylic acids is 5. The molecule has 4 aliphatic rings. The fraction of sp³-hybridized carbons (Fsp3) is 0.560. The number of hydrogen-bond acceptors (Lipinski definition) is 9. The Morgan fingerprint density at radius 2 is 1.74 bits per heavy atom. The van der Waals surface area contributed by atoms with E-state index in [-0.39, 0.29) is 11.3 Å². The van der Waals surface area contributed by atoms with Gasteiger partial charge in [-0.25, -0.2) is 0 Å². The first kappa shape index (κ1) is 23.6. The number of hydrogen-bond donors (Lipinski definition) is 4. The van der Waals surface area contributed by atoms with Gasteiger partial charge in [-0.1, -0.05) is 13.0 Å². The molecule has 3 fully saturated rings. The van der Waals surface area contributed by atoms with Crippen LogP contribution in [0.5, 0.6) is 5.75 Å². The van der Waals surface area contributed by atoms with Gasteiger partial charge in [-0.3, -0.25) is 24.0 Å². The van der Waals surface area contributed by atoms with E-state index < -0.39 is 76.8 Å². The van der Waals surface area contributed by atoms with Gasteiger partial charge >= 0.3 is 0 Å². The van der Waals surface area contributed by atoms with Crippen molar-refractivity contribution in [2.45, 2.75) is 50.2 Å². The molecule has 1 aromatic rings. The Morgan fingerprint density at radius 3 is 2.37 bits per heavy atom. The molecule has 7 atom stereocenters. The molecule has 0 radical (unpaired) electrons. The number of phenolic OH excluding ortho intramolecular Hbond substituents is 1. The van der Waals surface area contributed by atoms with E-state index in [0.29, 0.717) is 24.3 Å². The van der Waals surface area contributed by atoms with E-state index in [1.54, 1.807) is 19.1 Å². The summed E-state index contributed by atoms with van der Waals surface area (Å²) in [5, 5.41) is 33.7. The zero-order valence-corrected chi connectivity index (χ0v) is 19.3. The Morgan fingerprint density at radius 1 is 1.09 bits per heavy atom. The van der Waals surface area contributed by atoms with Crippen molar-refractivity contribution in [2.24, 2.45) is 29.4 Å². The zero-order valence-electron chi connectivity index (χ0n) is 19.3. The summed E-state index contributed by atoms with van der Waals surface area (Å²) in [6.45, 7) is 3.11. The number of fused-ring (bicyclic) bond motifs is 3. The van der Waals surface area contributed by atoms with Gasteiger partial charge in [-0.2, -0.15) is 0 Å². The van der Waals surface area contributed by atoms with E-state index in [1.807, 2.05) is 4.90 Å². The number of rotatable bonds is 2. The van der Waals surface area contributed by atoms with Crippen LogP contribution in [-0.4, -0.2) is 69.2 Å². The predicted molar refractivity (Wildman–Crippen MR) is 121 cm³/mol. The molecule has 5 rings (SSSR count). The highest BCUT2D eigenvalue weighted by atomic mass is 16.3. The van der Waals surface area contributed by atoms with Crippen molar-refractivity contribution in [2.75, 3.05) is 18.0 Å². The number of nitrogens with zero attached hydrogens (tertiary/aromatic N) is 1. The Bertz CT molecular complexity index is 1170. The Hall–Kier alpha value is -3.11. The van der Waals surface area contributed by atoms with E-state index in [1.165, 1.54) is 0 Å². The lowest BCUT2D eigenvalue weighted by atomic mass is 9.50. The van der Waals surface area contributed by atoms with Crippen LogP contribution in [0.25, 0.3) is 0 Å². The van der Waals surface area contributed by atoms with Crippen LogP contribution >= 0.6 is 0 Å². The SMILES string of the molecule is C[C@H]1c2ccc(N3CCCCC3)c(O)c2C(=O)C2C(=O)[C@]3(O)C(=O)C(C(N)=O)C(=O)C[C@@H]3[C@@H](O)[C@@H]21. The molecule has 1 aliphatic heterocycles. The first-order chi connectivity index (χ1) is 16.5. The van der Waals surface area contributed by atoms with Gasteiger partial charge in [0.2, 0.25) is 5.91 Å². The first-order valence-electron chi connectivity index (χ1n) is 12.0. The van der Waals surface area contributed by atoms with Crippen molar-refractivity contribution in [3.63, 3.8) is 0 Å². The largest absolute Gasteiger partial charge is 0.505 e. The summed E-state index contributed by atoms with van der Waals surface area (Å²) in [6, 6.07) is 3.43. The summed E-state index contributed by atoms with van der Waals surface area (Å²) >= 11 is 0. The van der Waals surface area contributed by atoms with E-state index in [9.17, 15) is 39.3 Å². The lowest BCUT2D eigenvalue weighted by molar-refractivity contribution is -0.189. The minimum absolute atomic E-state index is 0.0600. The minimum atomic E-state index is -2.90. The number of benzene rings is 1. The third-order valence-electron chi connectivity index (χ3n) is 8.53. The average Bonchev–Trinajstić information content (AvgIpc) is 2.82. The number of nitrogens with two attached hydrogens (primary N) is 1. The highest BCUT2D eigenvalue weighted by molar-refractivity contribution is 6.31. The second-order valence-electron chi connectivity index (χ2n) is 10.3. The third kappa shape index (κ3) is 3.05. The van der Waals surface area contributed by atoms with Crippen molar-refractivity contribution in [1.82, 2.24) is 0 Å². The van der Waals surface area contributed by atoms with Crippen molar-refractivity contribution in [3.05, 3.63) is 23.3 Å². The van der Waals surface area contributed by atoms with Gasteiger partial charge in [0.25, 0.3) is 0 Å². The van der Waals surface area contributed by atoms with Crippen LogP contribution in [0, 0.1) is 23.7 Å². The summed E-state index contributed by atoms with van der Waals surface area (Å²) in [5.74, 6) is -12.5. The lowest BCUT2D eigenvalue weighted by Gasteiger charge is -2.52. The van der Waals surface area contributed by atoms with Gasteiger partial charge in [-0.05, 0) is 36.8 Å². The van der Waals surface area contributed by atoms with Crippen molar-refractivity contribution >= 4 is 34.7 Å². The number of phenols is 1. The molecule has 2 saturated carbocycles. The number of primary amides is 1. The maximum Gasteiger partial charge on any atom is 0.235 e. The molecular weight excluding hydrogens is 456 g/mol. The number of ketones is 4. The highest BCUT2D eigenvalue weighted by Crippen LogP contribution is 2.54. The van der Waals surface area contributed by atoms with E-state index in [0.717, 1.165) is 19.3 Å². The fourth-order valence-electron chi connectivity index (χ4n) is 6.73. The maximum atomic E-state index is 13.7. The molecule has 0 bridgehead atoms. The van der Waals surface area contributed by atoms with Gasteiger partial charge in [0.05, 0.1) is 23.3 Å². The maximum absolute atomic E-state index is 13.7. The molecule has 1 saturated heterocycles. The minimum Gasteiger partial charge on any atom is -0.505 e. The molecule has 1 amide bonds. The lowest BCUT2D eigenvalue weighted by Crippen LogP contribution is -2.72. The summed E-state index contributed by atoms with van der Waals surface area (Å²) < 4.78 is 0. The molecule has 0 aromatic heterocycles.